The van der Waals surface area contributed by atoms with Gasteiger partial charge >= 0.3 is 11.9 Å². The second kappa shape index (κ2) is 8.18. The minimum atomic E-state index is -4.04. The monoisotopic (exact) mass is 458 g/mol. The van der Waals surface area contributed by atoms with E-state index >= 15 is 0 Å². The number of fused-ring (bicyclic) bond motifs is 2. The molecule has 0 amide bonds. The molecule has 8 heteroatoms. The summed E-state index contributed by atoms with van der Waals surface area (Å²) in [5.41, 5.74) is -8.82. The highest BCUT2D eigenvalue weighted by atomic mass is 16.5. The van der Waals surface area contributed by atoms with Crippen molar-refractivity contribution in [3.63, 3.8) is 0 Å². The number of carboxylic acids is 2. The second-order valence-corrected chi connectivity index (χ2v) is 7.74. The summed E-state index contributed by atoms with van der Waals surface area (Å²) in [6.07, 6.45) is 0. The molecule has 170 valence electrons. The Bertz CT molecular complexity index is 1370. The summed E-state index contributed by atoms with van der Waals surface area (Å²) in [6.45, 7) is 0. The van der Waals surface area contributed by atoms with E-state index in [0.29, 0.717) is 10.8 Å². The van der Waals surface area contributed by atoms with E-state index < -0.39 is 34.7 Å². The molecule has 4 aromatic rings. The lowest BCUT2D eigenvalue weighted by Gasteiger charge is -2.35. The normalized spacial score (nSPS) is 14.8. The molecule has 0 aliphatic rings. The Morgan fingerprint density at radius 3 is 1.18 bits per heavy atom. The molecule has 0 saturated carbocycles. The van der Waals surface area contributed by atoms with Crippen molar-refractivity contribution in [3.8, 4) is 0 Å². The largest absolute Gasteiger partial charge is 0.479 e. The summed E-state index contributed by atoms with van der Waals surface area (Å²) >= 11 is 0. The van der Waals surface area contributed by atoms with Gasteiger partial charge in [0, 0.05) is 11.1 Å². The molecule has 0 aromatic heterocycles. The highest BCUT2D eigenvalue weighted by Crippen LogP contribution is 2.35. The van der Waals surface area contributed by atoms with Crippen LogP contribution in [0.3, 0.4) is 0 Å². The molecule has 2 atom stereocenters. The van der Waals surface area contributed by atoms with Gasteiger partial charge in [-0.25, -0.2) is 9.59 Å². The molecule has 0 radical (unpaired) electrons. The highest BCUT2D eigenvalue weighted by Gasteiger charge is 2.70. The minimum absolute atomic E-state index is 0.208. The maximum atomic E-state index is 13.5. The number of benzene rings is 4. The number of Topliss-reactive ketones (excluding diaryl/α,β-unsaturated/α-hetero) is 2. The fourth-order valence-corrected chi connectivity index (χ4v) is 4.07. The zero-order valence-electron chi connectivity index (χ0n) is 17.5. The Labute approximate surface area is 192 Å². The van der Waals surface area contributed by atoms with E-state index in [9.17, 15) is 39.6 Å². The number of carboxylic acid groups (broad SMARTS) is 2. The molecule has 0 saturated heterocycles. The van der Waals surface area contributed by atoms with Crippen LogP contribution in [0, 0.1) is 0 Å². The van der Waals surface area contributed by atoms with E-state index in [1.165, 1.54) is 36.4 Å². The van der Waals surface area contributed by atoms with Crippen LogP contribution < -0.4 is 0 Å². The van der Waals surface area contributed by atoms with Crippen LogP contribution in [0.15, 0.2) is 84.9 Å². The molecule has 0 spiro atoms. The standard InChI is InChI=1S/C26H18O8/c27-21(19-13-5-9-15-7-1-3-11-17(15)19)25(33,23(29)30)26(34,24(31)32)22(28)20-14-6-10-16-8-2-4-12-18(16)20/h1-14,33-34H,(H,29,30)(H,31,32). The third kappa shape index (κ3) is 3.16. The summed E-state index contributed by atoms with van der Waals surface area (Å²) in [7, 11) is 0. The van der Waals surface area contributed by atoms with Gasteiger partial charge in [0.25, 0.3) is 11.2 Å². The van der Waals surface area contributed by atoms with E-state index in [1.54, 1.807) is 48.5 Å². The van der Waals surface area contributed by atoms with Crippen molar-refractivity contribution in [1.82, 2.24) is 0 Å². The first-order valence-electron chi connectivity index (χ1n) is 10.1. The predicted octanol–water partition coefficient (Wildman–Crippen LogP) is 2.69. The van der Waals surface area contributed by atoms with Crippen LogP contribution in [-0.4, -0.2) is 55.1 Å². The number of carbonyl (C=O) groups excluding carboxylic acids is 2. The van der Waals surface area contributed by atoms with Gasteiger partial charge in [0.15, 0.2) is 0 Å². The molecule has 0 fully saturated rings. The Hall–Kier alpha value is -4.40. The quantitative estimate of drug-likeness (QED) is 0.244. The van der Waals surface area contributed by atoms with Crippen molar-refractivity contribution in [3.05, 3.63) is 96.1 Å². The zero-order chi connectivity index (χ0) is 24.7. The van der Waals surface area contributed by atoms with Crippen molar-refractivity contribution in [2.24, 2.45) is 0 Å². The van der Waals surface area contributed by atoms with Gasteiger partial charge in [-0.15, -0.1) is 0 Å². The average Bonchev–Trinajstić information content (AvgIpc) is 2.85. The molecule has 4 N–H and O–H groups in total. The van der Waals surface area contributed by atoms with Gasteiger partial charge in [-0.2, -0.15) is 0 Å². The highest BCUT2D eigenvalue weighted by molar-refractivity contribution is 6.31. The Balaban J connectivity index is 1.98. The van der Waals surface area contributed by atoms with Crippen LogP contribution in [0.25, 0.3) is 21.5 Å². The molecule has 34 heavy (non-hydrogen) atoms. The molecule has 0 heterocycles. The zero-order valence-corrected chi connectivity index (χ0v) is 17.5. The lowest BCUT2D eigenvalue weighted by atomic mass is 9.72. The van der Waals surface area contributed by atoms with Crippen molar-refractivity contribution in [1.29, 1.82) is 0 Å². The maximum Gasteiger partial charge on any atom is 0.348 e. The van der Waals surface area contributed by atoms with Crippen molar-refractivity contribution in [2.75, 3.05) is 0 Å². The first kappa shape index (κ1) is 22.8. The molecule has 0 bridgehead atoms. The average molecular weight is 458 g/mol. The predicted molar refractivity (Wildman–Crippen MR) is 122 cm³/mol. The van der Waals surface area contributed by atoms with E-state index in [-0.39, 0.29) is 21.9 Å². The number of carbonyl (C=O) groups is 4. The number of aliphatic carboxylic acids is 2. The van der Waals surface area contributed by atoms with Gasteiger partial charge in [-0.05, 0) is 21.5 Å². The van der Waals surface area contributed by atoms with Crippen LogP contribution >= 0.6 is 0 Å². The van der Waals surface area contributed by atoms with Crippen LogP contribution in [0.5, 0.6) is 0 Å². The topological polar surface area (TPSA) is 149 Å². The third-order valence-corrected chi connectivity index (χ3v) is 5.87. The lowest BCUT2D eigenvalue weighted by molar-refractivity contribution is -0.187. The first-order chi connectivity index (χ1) is 16.1. The summed E-state index contributed by atoms with van der Waals surface area (Å²) in [5.74, 6) is -8.06. The van der Waals surface area contributed by atoms with Crippen LogP contribution in [0.2, 0.25) is 0 Å². The Morgan fingerprint density at radius 1 is 0.500 bits per heavy atom. The van der Waals surface area contributed by atoms with Crippen LogP contribution in [0.1, 0.15) is 20.7 Å². The van der Waals surface area contributed by atoms with E-state index in [2.05, 4.69) is 0 Å². The van der Waals surface area contributed by atoms with E-state index in [0.717, 1.165) is 0 Å². The van der Waals surface area contributed by atoms with Gasteiger partial charge in [0.1, 0.15) is 0 Å². The Kier molecular flexibility index (Phi) is 5.48. The van der Waals surface area contributed by atoms with Crippen molar-refractivity contribution < 1.29 is 39.6 Å². The molecule has 4 aromatic carbocycles. The van der Waals surface area contributed by atoms with Gasteiger partial charge in [-0.1, -0.05) is 84.9 Å². The second-order valence-electron chi connectivity index (χ2n) is 7.74. The smallest absolute Gasteiger partial charge is 0.348 e. The van der Waals surface area contributed by atoms with Gasteiger partial charge in [-0.3, -0.25) is 9.59 Å². The third-order valence-electron chi connectivity index (χ3n) is 5.87. The molecule has 0 aliphatic heterocycles. The maximum absolute atomic E-state index is 13.5. The Morgan fingerprint density at radius 2 is 0.824 bits per heavy atom. The first-order valence-corrected chi connectivity index (χ1v) is 10.1. The van der Waals surface area contributed by atoms with E-state index in [1.807, 2.05) is 0 Å². The fourth-order valence-electron chi connectivity index (χ4n) is 4.07. The van der Waals surface area contributed by atoms with Gasteiger partial charge in [0.2, 0.25) is 11.6 Å². The SMILES string of the molecule is O=C(O)C(O)(C(=O)c1cccc2ccccc12)C(O)(C(=O)O)C(=O)c1cccc2ccccc12. The van der Waals surface area contributed by atoms with Crippen molar-refractivity contribution in [2.45, 2.75) is 11.2 Å². The molecule has 0 aliphatic carbocycles. The molecular formula is C26H18O8. The number of hydrogen-bond donors (Lipinski definition) is 4. The number of rotatable bonds is 7. The van der Waals surface area contributed by atoms with Crippen molar-refractivity contribution >= 4 is 45.0 Å². The molecule has 2 unspecified atom stereocenters. The fraction of sp³-hybridized carbons (Fsp3) is 0.0769. The number of ketones is 2. The summed E-state index contributed by atoms with van der Waals surface area (Å²) in [6, 6.07) is 21.1. The summed E-state index contributed by atoms with van der Waals surface area (Å²) in [4.78, 5) is 51.5. The minimum Gasteiger partial charge on any atom is -0.479 e. The summed E-state index contributed by atoms with van der Waals surface area (Å²) in [5, 5.41) is 43.5. The molecule has 4 rings (SSSR count). The number of hydrogen-bond acceptors (Lipinski definition) is 6. The van der Waals surface area contributed by atoms with Gasteiger partial charge in [0.05, 0.1) is 0 Å². The van der Waals surface area contributed by atoms with Gasteiger partial charge < -0.3 is 20.4 Å². The number of aliphatic hydroxyl groups is 2. The molecular weight excluding hydrogens is 440 g/mol. The molecule has 8 nitrogen and oxygen atoms in total. The van der Waals surface area contributed by atoms with Crippen LogP contribution in [-0.2, 0) is 9.59 Å². The lowest BCUT2D eigenvalue weighted by Crippen LogP contribution is -2.71. The summed E-state index contributed by atoms with van der Waals surface area (Å²) < 4.78 is 0. The van der Waals surface area contributed by atoms with Crippen LogP contribution in [0.4, 0.5) is 0 Å². The van der Waals surface area contributed by atoms with E-state index in [4.69, 9.17) is 0 Å².